The predicted octanol–water partition coefficient (Wildman–Crippen LogP) is 0.132. The van der Waals surface area contributed by atoms with Crippen molar-refractivity contribution in [1.29, 1.82) is 0 Å². The lowest BCUT2D eigenvalue weighted by molar-refractivity contribution is 0.0712. The molecule has 15 heavy (non-hydrogen) atoms. The molecule has 2 rings (SSSR count). The second-order valence-electron chi connectivity index (χ2n) is 3.64. The number of hydrogen-bond acceptors (Lipinski definition) is 5. The van der Waals surface area contributed by atoms with Crippen molar-refractivity contribution in [2.75, 3.05) is 5.73 Å². The van der Waals surface area contributed by atoms with Crippen LogP contribution in [0.2, 0.25) is 0 Å². The van der Waals surface area contributed by atoms with Crippen LogP contribution < -0.4 is 10.5 Å². The first-order valence-corrected chi connectivity index (χ1v) is 6.88. The van der Waals surface area contributed by atoms with Crippen molar-refractivity contribution < 1.29 is 13.5 Å². The smallest absolute Gasteiger partial charge is 0.250 e. The molecule has 84 valence electrons. The molecule has 4 N–H and O–H groups in total. The zero-order chi connectivity index (χ0) is 11.1. The lowest BCUT2D eigenvalue weighted by Gasteiger charge is -2.31. The van der Waals surface area contributed by atoms with Gasteiger partial charge in [0.05, 0.1) is 6.10 Å². The van der Waals surface area contributed by atoms with E-state index >= 15 is 0 Å². The number of hydrogen-bond donors (Lipinski definition) is 3. The summed E-state index contributed by atoms with van der Waals surface area (Å²) in [7, 11) is -3.45. The minimum atomic E-state index is -3.45. The number of nitrogens with two attached hydrogens (primary N) is 1. The van der Waals surface area contributed by atoms with Gasteiger partial charge >= 0.3 is 0 Å². The van der Waals surface area contributed by atoms with Crippen molar-refractivity contribution in [2.24, 2.45) is 0 Å². The summed E-state index contributed by atoms with van der Waals surface area (Å²) in [6.45, 7) is 0. The highest BCUT2D eigenvalue weighted by Crippen LogP contribution is 2.25. The van der Waals surface area contributed by atoms with Gasteiger partial charge < -0.3 is 10.8 Å². The Balaban J connectivity index is 2.07. The van der Waals surface area contributed by atoms with E-state index in [4.69, 9.17) is 10.8 Å². The fourth-order valence-electron chi connectivity index (χ4n) is 1.43. The minimum Gasteiger partial charge on any atom is -0.398 e. The molecule has 0 unspecified atom stereocenters. The van der Waals surface area contributed by atoms with Crippen molar-refractivity contribution in [3.05, 3.63) is 11.4 Å². The van der Waals surface area contributed by atoms with Gasteiger partial charge in [0.1, 0.15) is 4.21 Å². The summed E-state index contributed by atoms with van der Waals surface area (Å²) in [5.74, 6) is 0. The molecule has 0 bridgehead atoms. The molecule has 1 aromatic heterocycles. The highest BCUT2D eigenvalue weighted by Gasteiger charge is 2.31. The van der Waals surface area contributed by atoms with Gasteiger partial charge in [-0.1, -0.05) is 0 Å². The third kappa shape index (κ3) is 2.31. The molecule has 0 saturated heterocycles. The third-order valence-electron chi connectivity index (χ3n) is 2.30. The number of anilines is 1. The molecule has 0 radical (unpaired) electrons. The minimum absolute atomic E-state index is 0.145. The average Bonchev–Trinajstić information content (AvgIpc) is 2.49. The standard InChI is InChI=1S/C8H12N2O3S2/c9-5-1-8(14-4-5)15(12,13)10-6-2-7(11)3-6/h1,4,6-7,10-11H,2-3,9H2. The molecule has 0 spiro atoms. The number of thiophene rings is 1. The molecule has 7 heteroatoms. The lowest BCUT2D eigenvalue weighted by atomic mass is 9.91. The fraction of sp³-hybridized carbons (Fsp3) is 0.500. The van der Waals surface area contributed by atoms with E-state index in [1.165, 1.54) is 6.07 Å². The normalized spacial score (nSPS) is 26.2. The third-order valence-corrected chi connectivity index (χ3v) is 5.27. The van der Waals surface area contributed by atoms with E-state index in [0.717, 1.165) is 11.3 Å². The molecule has 1 saturated carbocycles. The van der Waals surface area contributed by atoms with Crippen LogP contribution in [0.3, 0.4) is 0 Å². The van der Waals surface area contributed by atoms with E-state index in [1.54, 1.807) is 5.38 Å². The van der Waals surface area contributed by atoms with Gasteiger partial charge in [-0.2, -0.15) is 0 Å². The van der Waals surface area contributed by atoms with Crippen LogP contribution in [0.4, 0.5) is 5.69 Å². The number of nitrogen functional groups attached to an aromatic ring is 1. The van der Waals surface area contributed by atoms with Crippen molar-refractivity contribution in [1.82, 2.24) is 4.72 Å². The van der Waals surface area contributed by atoms with E-state index < -0.39 is 10.0 Å². The van der Waals surface area contributed by atoms with E-state index in [-0.39, 0.29) is 16.4 Å². The Bertz CT molecular complexity index is 448. The van der Waals surface area contributed by atoms with Crippen LogP contribution in [0.15, 0.2) is 15.7 Å². The summed E-state index contributed by atoms with van der Waals surface area (Å²) >= 11 is 1.10. The lowest BCUT2D eigenvalue weighted by Crippen LogP contribution is -2.46. The Morgan fingerprint density at radius 3 is 2.67 bits per heavy atom. The van der Waals surface area contributed by atoms with E-state index in [2.05, 4.69) is 4.72 Å². The van der Waals surface area contributed by atoms with Crippen LogP contribution in [-0.4, -0.2) is 25.7 Å². The SMILES string of the molecule is Nc1csc(S(=O)(=O)NC2CC(O)C2)c1. The van der Waals surface area contributed by atoms with Crippen LogP contribution in [0.5, 0.6) is 0 Å². The maximum absolute atomic E-state index is 11.7. The Morgan fingerprint density at radius 2 is 2.20 bits per heavy atom. The van der Waals surface area contributed by atoms with Gasteiger partial charge in [0.25, 0.3) is 0 Å². The Kier molecular flexibility index (Phi) is 2.72. The van der Waals surface area contributed by atoms with Crippen LogP contribution >= 0.6 is 11.3 Å². The van der Waals surface area contributed by atoms with Gasteiger partial charge in [0.2, 0.25) is 10.0 Å². The molecule has 1 aromatic rings. The summed E-state index contributed by atoms with van der Waals surface area (Å²) in [4.78, 5) is 0. The van der Waals surface area contributed by atoms with Crippen molar-refractivity contribution in [3.8, 4) is 0 Å². The molecular weight excluding hydrogens is 236 g/mol. The van der Waals surface area contributed by atoms with Crippen LogP contribution in [0.25, 0.3) is 0 Å². The number of nitrogens with one attached hydrogen (secondary N) is 1. The van der Waals surface area contributed by atoms with Gasteiger partial charge in [0, 0.05) is 17.1 Å². The van der Waals surface area contributed by atoms with Gasteiger partial charge in [-0.05, 0) is 18.9 Å². The molecule has 0 aromatic carbocycles. The predicted molar refractivity (Wildman–Crippen MR) is 58.1 cm³/mol. The van der Waals surface area contributed by atoms with Gasteiger partial charge in [-0.3, -0.25) is 0 Å². The van der Waals surface area contributed by atoms with Gasteiger partial charge in [-0.15, -0.1) is 11.3 Å². The second kappa shape index (κ2) is 3.75. The zero-order valence-corrected chi connectivity index (χ0v) is 9.51. The highest BCUT2D eigenvalue weighted by molar-refractivity contribution is 7.91. The van der Waals surface area contributed by atoms with E-state index in [9.17, 15) is 8.42 Å². The number of aliphatic hydroxyl groups is 1. The molecule has 0 aliphatic heterocycles. The first kappa shape index (κ1) is 10.9. The number of aliphatic hydroxyl groups excluding tert-OH is 1. The molecular formula is C8H12N2O3S2. The maximum Gasteiger partial charge on any atom is 0.250 e. The zero-order valence-electron chi connectivity index (χ0n) is 7.88. The Morgan fingerprint density at radius 1 is 1.53 bits per heavy atom. The fourth-order valence-corrected chi connectivity index (χ4v) is 3.79. The first-order chi connectivity index (χ1) is 6.97. The summed E-state index contributed by atoms with van der Waals surface area (Å²) in [5.41, 5.74) is 5.91. The topological polar surface area (TPSA) is 92.4 Å². The van der Waals surface area contributed by atoms with Crippen molar-refractivity contribution in [3.63, 3.8) is 0 Å². The molecule has 5 nitrogen and oxygen atoms in total. The molecule has 0 atom stereocenters. The summed E-state index contributed by atoms with van der Waals surface area (Å²) in [6.07, 6.45) is 0.603. The van der Waals surface area contributed by atoms with Crippen LogP contribution in [-0.2, 0) is 10.0 Å². The second-order valence-corrected chi connectivity index (χ2v) is 6.49. The van der Waals surface area contributed by atoms with Crippen molar-refractivity contribution >= 4 is 27.0 Å². The van der Waals surface area contributed by atoms with Gasteiger partial charge in [0.15, 0.2) is 0 Å². The molecule has 1 heterocycles. The molecule has 1 aliphatic carbocycles. The molecule has 1 aliphatic rings. The van der Waals surface area contributed by atoms with Gasteiger partial charge in [-0.25, -0.2) is 13.1 Å². The highest BCUT2D eigenvalue weighted by atomic mass is 32.2. The molecule has 1 fully saturated rings. The summed E-state index contributed by atoms with van der Waals surface area (Å²) in [6, 6.07) is 1.29. The van der Waals surface area contributed by atoms with E-state index in [1.807, 2.05) is 0 Å². The average molecular weight is 248 g/mol. The number of sulfonamides is 1. The Labute approximate surface area is 92.0 Å². The van der Waals surface area contributed by atoms with Crippen molar-refractivity contribution in [2.45, 2.75) is 29.2 Å². The summed E-state index contributed by atoms with van der Waals surface area (Å²) < 4.78 is 26.2. The summed E-state index contributed by atoms with van der Waals surface area (Å²) in [5, 5.41) is 10.6. The molecule has 0 amide bonds. The Hall–Kier alpha value is -0.630. The quantitative estimate of drug-likeness (QED) is 0.709. The monoisotopic (exact) mass is 248 g/mol. The van der Waals surface area contributed by atoms with Crippen LogP contribution in [0.1, 0.15) is 12.8 Å². The van der Waals surface area contributed by atoms with E-state index in [0.29, 0.717) is 18.5 Å². The first-order valence-electron chi connectivity index (χ1n) is 4.52. The maximum atomic E-state index is 11.7. The van der Waals surface area contributed by atoms with Crippen LogP contribution in [0, 0.1) is 0 Å². The largest absolute Gasteiger partial charge is 0.398 e. The number of rotatable bonds is 3.